The number of ether oxygens (including phenoxy) is 1. The first-order chi connectivity index (χ1) is 19.0. The van der Waals surface area contributed by atoms with Crippen molar-refractivity contribution in [3.05, 3.63) is 82.3 Å². The summed E-state index contributed by atoms with van der Waals surface area (Å²) in [5.41, 5.74) is -1.29. The number of carbonyl (C=O) groups excluding carboxylic acids is 1. The van der Waals surface area contributed by atoms with Crippen LogP contribution in [0.3, 0.4) is 0 Å². The van der Waals surface area contributed by atoms with Gasteiger partial charge in [0.2, 0.25) is 5.95 Å². The number of carbonyl (C=O) groups is 1. The van der Waals surface area contributed by atoms with E-state index in [-0.39, 0.29) is 40.8 Å². The van der Waals surface area contributed by atoms with Gasteiger partial charge in [0.1, 0.15) is 11.4 Å². The zero-order valence-electron chi connectivity index (χ0n) is 21.5. The van der Waals surface area contributed by atoms with Gasteiger partial charge in [0.15, 0.2) is 0 Å². The molecule has 1 atom stereocenters. The molecule has 4 N–H and O–H groups in total. The van der Waals surface area contributed by atoms with Crippen LogP contribution in [-0.4, -0.2) is 46.7 Å². The van der Waals surface area contributed by atoms with Crippen molar-refractivity contribution in [2.24, 2.45) is 0 Å². The number of pyridine rings is 1. The van der Waals surface area contributed by atoms with Crippen molar-refractivity contribution < 1.29 is 27.1 Å². The predicted octanol–water partition coefficient (Wildman–Crippen LogP) is 5.05. The van der Waals surface area contributed by atoms with E-state index in [0.717, 1.165) is 18.2 Å². The first-order valence-electron chi connectivity index (χ1n) is 12.1. The fraction of sp³-hybridized carbons (Fsp3) is 0.308. The van der Waals surface area contributed by atoms with Gasteiger partial charge in [-0.05, 0) is 25.1 Å². The Hall–Kier alpha value is -3.97. The van der Waals surface area contributed by atoms with Crippen LogP contribution in [0.15, 0.2) is 54.6 Å². The lowest BCUT2D eigenvalue weighted by Crippen LogP contribution is -2.53. The van der Waals surface area contributed by atoms with Crippen molar-refractivity contribution in [2.75, 3.05) is 30.9 Å². The van der Waals surface area contributed by atoms with E-state index in [0.29, 0.717) is 24.7 Å². The van der Waals surface area contributed by atoms with Crippen molar-refractivity contribution in [3.63, 3.8) is 0 Å². The molecule has 1 saturated heterocycles. The van der Waals surface area contributed by atoms with E-state index in [4.69, 9.17) is 16.3 Å². The number of amides is 1. The summed E-state index contributed by atoms with van der Waals surface area (Å²) in [4.78, 5) is 25.2. The molecular formula is C26H26ClF4N7O2. The second-order valence-electron chi connectivity index (χ2n) is 8.91. The zero-order valence-corrected chi connectivity index (χ0v) is 22.3. The highest BCUT2D eigenvalue weighted by molar-refractivity contribution is 6.30. The van der Waals surface area contributed by atoms with Crippen LogP contribution >= 0.6 is 11.6 Å². The molecule has 9 nitrogen and oxygen atoms in total. The van der Waals surface area contributed by atoms with Gasteiger partial charge in [-0.3, -0.25) is 9.78 Å². The van der Waals surface area contributed by atoms with Crippen LogP contribution in [0.2, 0.25) is 5.02 Å². The summed E-state index contributed by atoms with van der Waals surface area (Å²) >= 11 is 5.72. The molecule has 3 aromatic rings. The largest absolute Gasteiger partial charge is 0.418 e. The second-order valence-corrected chi connectivity index (χ2v) is 9.34. The average Bonchev–Trinajstić information content (AvgIpc) is 3.39. The van der Waals surface area contributed by atoms with E-state index in [1.807, 2.05) is 0 Å². The Morgan fingerprint density at radius 1 is 1.18 bits per heavy atom. The van der Waals surface area contributed by atoms with Crippen molar-refractivity contribution in [2.45, 2.75) is 31.6 Å². The number of anilines is 3. The van der Waals surface area contributed by atoms with E-state index in [1.165, 1.54) is 24.7 Å². The molecule has 1 fully saturated rings. The lowest BCUT2D eigenvalue weighted by Gasteiger charge is -2.32. The number of rotatable bonds is 9. The van der Waals surface area contributed by atoms with Gasteiger partial charge in [0, 0.05) is 49.3 Å². The topological polar surface area (TPSA) is 113 Å². The Balaban J connectivity index is 1.47. The summed E-state index contributed by atoms with van der Waals surface area (Å²) in [7, 11) is 1.66. The molecule has 40 heavy (non-hydrogen) atoms. The Morgan fingerprint density at radius 2 is 1.93 bits per heavy atom. The fourth-order valence-corrected chi connectivity index (χ4v) is 4.39. The van der Waals surface area contributed by atoms with Gasteiger partial charge >= 0.3 is 6.18 Å². The first-order valence-corrected chi connectivity index (χ1v) is 12.5. The van der Waals surface area contributed by atoms with Crippen molar-refractivity contribution >= 4 is 34.8 Å². The van der Waals surface area contributed by atoms with Gasteiger partial charge in [0.05, 0.1) is 47.5 Å². The van der Waals surface area contributed by atoms with Gasteiger partial charge in [-0.25, -0.2) is 14.4 Å². The second kappa shape index (κ2) is 12.0. The predicted molar refractivity (Wildman–Crippen MR) is 142 cm³/mol. The maximum atomic E-state index is 15.0. The molecule has 2 aromatic heterocycles. The SMILES string of the molecule is CC=C(NCc1ncc(Nc2ccc(Cl)cc2C(F)(F)F)cc1F)[C@]1(NC(=O)c2cnc(NC)nc2)CCOC1. The molecule has 1 aliphatic rings. The molecule has 0 spiro atoms. The van der Waals surface area contributed by atoms with Gasteiger partial charge < -0.3 is 26.0 Å². The third-order valence-electron chi connectivity index (χ3n) is 6.25. The molecule has 3 heterocycles. The number of hydrogen-bond donors (Lipinski definition) is 4. The summed E-state index contributed by atoms with van der Waals surface area (Å²) in [6, 6.07) is 4.30. The Labute approximate surface area is 232 Å². The Morgan fingerprint density at radius 3 is 2.52 bits per heavy atom. The Kier molecular flexibility index (Phi) is 8.74. The summed E-state index contributed by atoms with van der Waals surface area (Å²) in [6.45, 7) is 2.28. The van der Waals surface area contributed by atoms with E-state index in [2.05, 4.69) is 36.2 Å². The summed E-state index contributed by atoms with van der Waals surface area (Å²) < 4.78 is 60.7. The monoisotopic (exact) mass is 579 g/mol. The van der Waals surface area contributed by atoms with Crippen LogP contribution in [0.4, 0.5) is 34.9 Å². The number of nitrogens with one attached hydrogen (secondary N) is 4. The molecule has 4 rings (SSSR count). The zero-order chi connectivity index (χ0) is 28.9. The molecule has 1 amide bonds. The minimum atomic E-state index is -4.66. The van der Waals surface area contributed by atoms with E-state index in [9.17, 15) is 22.4 Å². The maximum absolute atomic E-state index is 15.0. The van der Waals surface area contributed by atoms with E-state index < -0.39 is 29.0 Å². The van der Waals surface area contributed by atoms with Gasteiger partial charge in [-0.2, -0.15) is 13.2 Å². The number of alkyl halides is 3. The quantitative estimate of drug-likeness (QED) is 0.261. The van der Waals surface area contributed by atoms with Crippen LogP contribution in [0.5, 0.6) is 0 Å². The van der Waals surface area contributed by atoms with Gasteiger partial charge in [-0.1, -0.05) is 17.7 Å². The minimum Gasteiger partial charge on any atom is -0.381 e. The summed E-state index contributed by atoms with van der Waals surface area (Å²) in [5.74, 6) is -0.775. The van der Waals surface area contributed by atoms with E-state index >= 15 is 0 Å². The van der Waals surface area contributed by atoms with Crippen molar-refractivity contribution in [3.8, 4) is 0 Å². The van der Waals surface area contributed by atoms with E-state index in [1.54, 1.807) is 20.0 Å². The maximum Gasteiger partial charge on any atom is 0.418 e. The van der Waals surface area contributed by atoms with Crippen LogP contribution in [0.1, 0.15) is 35.0 Å². The molecule has 14 heteroatoms. The minimum absolute atomic E-state index is 0.0218. The van der Waals surface area contributed by atoms with Crippen LogP contribution in [0.25, 0.3) is 0 Å². The van der Waals surface area contributed by atoms with Gasteiger partial charge in [-0.15, -0.1) is 0 Å². The summed E-state index contributed by atoms with van der Waals surface area (Å²) in [6.07, 6.45) is 1.58. The molecular weight excluding hydrogens is 554 g/mol. The molecule has 0 unspecified atom stereocenters. The molecule has 212 valence electrons. The number of aromatic nitrogens is 3. The third kappa shape index (κ3) is 6.59. The number of allylic oxidation sites excluding steroid dienone is 1. The number of hydrogen-bond acceptors (Lipinski definition) is 8. The van der Waals surface area contributed by atoms with Crippen LogP contribution < -0.4 is 21.3 Å². The number of nitrogens with zero attached hydrogens (tertiary/aromatic N) is 3. The highest BCUT2D eigenvalue weighted by Crippen LogP contribution is 2.37. The lowest BCUT2D eigenvalue weighted by atomic mass is 9.93. The van der Waals surface area contributed by atoms with Crippen LogP contribution in [-0.2, 0) is 17.5 Å². The number of benzene rings is 1. The first kappa shape index (κ1) is 29.0. The molecule has 0 saturated carbocycles. The lowest BCUT2D eigenvalue weighted by molar-refractivity contribution is -0.136. The normalized spacial score (nSPS) is 17.4. The standard InChI is InChI=1S/C26H26ClF4N7O2/c1-3-22(25(6-7-40-14-25)38-23(39)15-10-35-24(32-2)36-11-15)34-13-21-19(28)9-17(12-33-21)37-20-5-4-16(27)8-18(20)26(29,30)31/h3-5,8-12,34,37H,6-7,13-14H2,1-2H3,(H,38,39)(H,32,35,36)/t25-/m0/s1. The molecule has 0 aliphatic carbocycles. The number of halogens is 5. The smallest absolute Gasteiger partial charge is 0.381 e. The highest BCUT2D eigenvalue weighted by atomic mass is 35.5. The molecule has 1 aromatic carbocycles. The fourth-order valence-electron chi connectivity index (χ4n) is 4.21. The highest BCUT2D eigenvalue weighted by Gasteiger charge is 2.40. The van der Waals surface area contributed by atoms with Gasteiger partial charge in [0.25, 0.3) is 5.91 Å². The molecule has 0 bridgehead atoms. The van der Waals surface area contributed by atoms with Crippen molar-refractivity contribution in [1.82, 2.24) is 25.6 Å². The molecule has 0 radical (unpaired) electrons. The Bertz CT molecular complexity index is 1390. The third-order valence-corrected chi connectivity index (χ3v) is 6.48. The van der Waals surface area contributed by atoms with Crippen LogP contribution in [0, 0.1) is 5.82 Å². The molecule has 1 aliphatic heterocycles. The average molecular weight is 580 g/mol. The summed E-state index contributed by atoms with van der Waals surface area (Å²) in [5, 5.41) is 11.4. The van der Waals surface area contributed by atoms with Crippen molar-refractivity contribution in [1.29, 1.82) is 0 Å².